The summed E-state index contributed by atoms with van der Waals surface area (Å²) in [4.78, 5) is 34.4. The number of nitrogens with two attached hydrogens (primary N) is 1. The topological polar surface area (TPSA) is 125 Å². The van der Waals surface area contributed by atoms with E-state index in [0.717, 1.165) is 0 Å². The Bertz CT molecular complexity index is 839. The summed E-state index contributed by atoms with van der Waals surface area (Å²) in [6, 6.07) is 9.00. The van der Waals surface area contributed by atoms with Gasteiger partial charge in [0.2, 0.25) is 5.91 Å². The van der Waals surface area contributed by atoms with Crippen molar-refractivity contribution in [2.45, 2.75) is 12.5 Å². The van der Waals surface area contributed by atoms with Gasteiger partial charge >= 0.3 is 0 Å². The number of rotatable bonds is 7. The van der Waals surface area contributed by atoms with Crippen LogP contribution in [0.4, 0.5) is 5.69 Å². The zero-order valence-electron chi connectivity index (χ0n) is 13.8. The molecule has 26 heavy (non-hydrogen) atoms. The van der Waals surface area contributed by atoms with Crippen LogP contribution < -0.4 is 15.8 Å². The Morgan fingerprint density at radius 2 is 1.92 bits per heavy atom. The second-order valence-corrected chi connectivity index (χ2v) is 5.83. The lowest BCUT2D eigenvalue weighted by molar-refractivity contribution is -0.384. The second-order valence-electron chi connectivity index (χ2n) is 5.39. The summed E-state index contributed by atoms with van der Waals surface area (Å²) in [5.74, 6) is -0.946. The smallest absolute Gasteiger partial charge is 0.269 e. The molecule has 0 bridgehead atoms. The molecule has 2 aromatic carbocycles. The third-order valence-corrected chi connectivity index (χ3v) is 3.91. The van der Waals surface area contributed by atoms with Crippen LogP contribution in [0.3, 0.4) is 0 Å². The molecule has 9 heteroatoms. The van der Waals surface area contributed by atoms with Crippen molar-refractivity contribution in [1.29, 1.82) is 0 Å². The lowest BCUT2D eigenvalue weighted by Crippen LogP contribution is -2.45. The predicted octanol–water partition coefficient (Wildman–Crippen LogP) is 2.08. The highest BCUT2D eigenvalue weighted by atomic mass is 35.5. The first-order valence-electron chi connectivity index (χ1n) is 7.49. The van der Waals surface area contributed by atoms with E-state index < -0.39 is 22.8 Å². The van der Waals surface area contributed by atoms with Crippen molar-refractivity contribution >= 4 is 29.1 Å². The Morgan fingerprint density at radius 3 is 2.46 bits per heavy atom. The Labute approximate surface area is 154 Å². The van der Waals surface area contributed by atoms with Crippen LogP contribution in [0.25, 0.3) is 0 Å². The van der Waals surface area contributed by atoms with E-state index in [4.69, 9.17) is 22.1 Å². The number of hydrogen-bond acceptors (Lipinski definition) is 5. The lowest BCUT2D eigenvalue weighted by atomic mass is 10.0. The van der Waals surface area contributed by atoms with Gasteiger partial charge in [0.05, 0.1) is 12.0 Å². The number of nitro groups is 1. The van der Waals surface area contributed by atoms with Crippen molar-refractivity contribution < 1.29 is 19.2 Å². The number of amides is 2. The summed E-state index contributed by atoms with van der Waals surface area (Å²) in [5.41, 5.74) is 5.89. The zero-order valence-corrected chi connectivity index (χ0v) is 14.5. The molecule has 0 saturated heterocycles. The largest absolute Gasteiger partial charge is 0.496 e. The molecule has 0 aliphatic carbocycles. The maximum absolute atomic E-state index is 12.3. The minimum absolute atomic E-state index is 0.0560. The number of non-ortho nitro benzene ring substituents is 1. The second kappa shape index (κ2) is 8.30. The summed E-state index contributed by atoms with van der Waals surface area (Å²) in [5, 5.41) is 13.9. The number of halogens is 1. The highest BCUT2D eigenvalue weighted by Crippen LogP contribution is 2.25. The van der Waals surface area contributed by atoms with Crippen molar-refractivity contribution in [3.05, 3.63) is 68.7 Å². The minimum atomic E-state index is -1.07. The first-order valence-corrected chi connectivity index (χ1v) is 7.86. The molecule has 0 spiro atoms. The summed E-state index contributed by atoms with van der Waals surface area (Å²) in [6.07, 6.45) is -0.0560. The molecule has 0 aliphatic heterocycles. The number of carbonyl (C=O) groups excluding carboxylic acids is 2. The van der Waals surface area contributed by atoms with E-state index >= 15 is 0 Å². The van der Waals surface area contributed by atoms with Crippen LogP contribution in [-0.2, 0) is 11.2 Å². The van der Waals surface area contributed by atoms with Gasteiger partial charge in [-0.15, -0.1) is 0 Å². The molecular formula is C17H16ClN3O5. The van der Waals surface area contributed by atoms with Gasteiger partial charge in [-0.3, -0.25) is 19.7 Å². The molecule has 1 atom stereocenters. The predicted molar refractivity (Wildman–Crippen MR) is 95.3 cm³/mol. The van der Waals surface area contributed by atoms with Gasteiger partial charge in [0, 0.05) is 34.7 Å². The van der Waals surface area contributed by atoms with Crippen molar-refractivity contribution in [2.24, 2.45) is 5.73 Å². The van der Waals surface area contributed by atoms with E-state index in [1.807, 2.05) is 0 Å². The average molecular weight is 378 g/mol. The molecule has 136 valence electrons. The number of nitro benzene ring substituents is 1. The van der Waals surface area contributed by atoms with Crippen LogP contribution in [0.1, 0.15) is 15.9 Å². The van der Waals surface area contributed by atoms with Crippen LogP contribution in [0.15, 0.2) is 42.5 Å². The van der Waals surface area contributed by atoms with Gasteiger partial charge in [0.25, 0.3) is 11.6 Å². The third kappa shape index (κ3) is 4.70. The van der Waals surface area contributed by atoms with Gasteiger partial charge in [-0.1, -0.05) is 11.6 Å². The van der Waals surface area contributed by atoms with E-state index in [-0.39, 0.29) is 12.1 Å². The molecule has 2 rings (SSSR count). The molecular weight excluding hydrogens is 362 g/mol. The standard InChI is InChI=1S/C17H16ClN3O5/c1-26-15-7-6-13(21(24)25)8-11(15)9-14(16(19)22)20-17(23)10-2-4-12(18)5-3-10/h2-8,14H,9H2,1H3,(H2,19,22)(H,20,23)/t14-/m0/s1. The molecule has 0 unspecified atom stereocenters. The van der Waals surface area contributed by atoms with Crippen molar-refractivity contribution in [2.75, 3.05) is 7.11 Å². The number of ether oxygens (including phenoxy) is 1. The third-order valence-electron chi connectivity index (χ3n) is 3.65. The molecule has 0 heterocycles. The van der Waals surface area contributed by atoms with Crippen LogP contribution >= 0.6 is 11.6 Å². The first kappa shape index (κ1) is 19.2. The molecule has 0 fully saturated rings. The van der Waals surface area contributed by atoms with Gasteiger partial charge in [-0.25, -0.2) is 0 Å². The summed E-state index contributed by atoms with van der Waals surface area (Å²) >= 11 is 5.78. The van der Waals surface area contributed by atoms with Gasteiger partial charge in [-0.05, 0) is 30.3 Å². The fraction of sp³-hybridized carbons (Fsp3) is 0.176. The van der Waals surface area contributed by atoms with Gasteiger partial charge < -0.3 is 15.8 Å². The zero-order chi connectivity index (χ0) is 19.3. The van der Waals surface area contributed by atoms with Crippen molar-refractivity contribution in [1.82, 2.24) is 5.32 Å². The number of methoxy groups -OCH3 is 1. The number of carbonyl (C=O) groups is 2. The summed E-state index contributed by atoms with van der Waals surface area (Å²) in [6.45, 7) is 0. The normalized spacial score (nSPS) is 11.5. The van der Waals surface area contributed by atoms with Gasteiger partial charge in [0.1, 0.15) is 11.8 Å². The van der Waals surface area contributed by atoms with Crippen LogP contribution in [-0.4, -0.2) is 29.9 Å². The molecule has 2 amide bonds. The van der Waals surface area contributed by atoms with E-state index in [9.17, 15) is 19.7 Å². The number of nitrogens with one attached hydrogen (secondary N) is 1. The monoisotopic (exact) mass is 377 g/mol. The summed E-state index contributed by atoms with van der Waals surface area (Å²) < 4.78 is 5.16. The highest BCUT2D eigenvalue weighted by molar-refractivity contribution is 6.30. The average Bonchev–Trinajstić information content (AvgIpc) is 2.61. The quantitative estimate of drug-likeness (QED) is 0.564. The van der Waals surface area contributed by atoms with Gasteiger partial charge in [-0.2, -0.15) is 0 Å². The minimum Gasteiger partial charge on any atom is -0.496 e. The van der Waals surface area contributed by atoms with Crippen LogP contribution in [0, 0.1) is 10.1 Å². The van der Waals surface area contributed by atoms with E-state index in [2.05, 4.69) is 5.32 Å². The molecule has 0 aromatic heterocycles. The number of benzene rings is 2. The van der Waals surface area contributed by atoms with Crippen LogP contribution in [0.2, 0.25) is 5.02 Å². The number of primary amides is 1. The maximum atomic E-state index is 12.3. The Balaban J connectivity index is 2.24. The highest BCUT2D eigenvalue weighted by Gasteiger charge is 2.22. The molecule has 0 aliphatic rings. The lowest BCUT2D eigenvalue weighted by Gasteiger charge is -2.17. The fourth-order valence-corrected chi connectivity index (χ4v) is 2.45. The van der Waals surface area contributed by atoms with E-state index in [1.165, 1.54) is 37.4 Å². The number of hydrogen-bond donors (Lipinski definition) is 2. The van der Waals surface area contributed by atoms with E-state index in [1.54, 1.807) is 12.1 Å². The van der Waals surface area contributed by atoms with E-state index in [0.29, 0.717) is 21.9 Å². The molecule has 0 radical (unpaired) electrons. The Kier molecular flexibility index (Phi) is 6.13. The number of nitrogens with zero attached hydrogens (tertiary/aromatic N) is 1. The van der Waals surface area contributed by atoms with Crippen LogP contribution in [0.5, 0.6) is 5.75 Å². The fourth-order valence-electron chi connectivity index (χ4n) is 2.32. The summed E-state index contributed by atoms with van der Waals surface area (Å²) in [7, 11) is 1.40. The van der Waals surface area contributed by atoms with Crippen molar-refractivity contribution in [3.63, 3.8) is 0 Å². The maximum Gasteiger partial charge on any atom is 0.269 e. The first-order chi connectivity index (χ1) is 12.3. The Morgan fingerprint density at radius 1 is 1.27 bits per heavy atom. The molecule has 2 aromatic rings. The Hall–Kier alpha value is -3.13. The van der Waals surface area contributed by atoms with Crippen molar-refractivity contribution in [3.8, 4) is 5.75 Å². The molecule has 8 nitrogen and oxygen atoms in total. The van der Waals surface area contributed by atoms with Gasteiger partial charge in [0.15, 0.2) is 0 Å². The SMILES string of the molecule is COc1ccc([N+](=O)[O-])cc1C[C@H](NC(=O)c1ccc(Cl)cc1)C(N)=O. The molecule has 3 N–H and O–H groups in total. The molecule has 0 saturated carbocycles.